The third-order valence-corrected chi connectivity index (χ3v) is 6.66. The number of benzene rings is 1. The number of nitrogens with one attached hydrogen (secondary N) is 1. The zero-order chi connectivity index (χ0) is 23.4. The molecule has 0 spiro atoms. The zero-order valence-corrected chi connectivity index (χ0v) is 20.4. The van der Waals surface area contributed by atoms with Gasteiger partial charge in [-0.15, -0.1) is 10.2 Å². The number of carbonyl (C=O) groups is 2. The van der Waals surface area contributed by atoms with E-state index >= 15 is 0 Å². The molecule has 0 amide bonds. The van der Waals surface area contributed by atoms with Crippen molar-refractivity contribution in [3.05, 3.63) is 51.8 Å². The van der Waals surface area contributed by atoms with Gasteiger partial charge in [0.1, 0.15) is 0 Å². The predicted molar refractivity (Wildman–Crippen MR) is 127 cm³/mol. The van der Waals surface area contributed by atoms with E-state index in [-0.39, 0.29) is 11.6 Å². The standard InChI is InChI=1S/C23H27ClN4O3S/c1-13-19(15(3)29)14(2)25-20(13)21(30)16(4)32-23-27-26-22(28(23)11-8-12-31-5)17-9-6-7-10-18(17)24/h6-7,9-10,16,25H,8,11-12H2,1-5H3/t16-/m0/s1. The molecule has 0 bridgehead atoms. The predicted octanol–water partition coefficient (Wildman–Crippen LogP) is 5.15. The van der Waals surface area contributed by atoms with Gasteiger partial charge in [0.2, 0.25) is 0 Å². The summed E-state index contributed by atoms with van der Waals surface area (Å²) in [6, 6.07) is 7.48. The van der Waals surface area contributed by atoms with E-state index in [4.69, 9.17) is 16.3 Å². The molecule has 9 heteroatoms. The van der Waals surface area contributed by atoms with Crippen molar-refractivity contribution in [1.29, 1.82) is 0 Å². The van der Waals surface area contributed by atoms with Gasteiger partial charge in [-0.05, 0) is 51.8 Å². The minimum absolute atomic E-state index is 0.0575. The van der Waals surface area contributed by atoms with Crippen LogP contribution in [0.3, 0.4) is 0 Å². The van der Waals surface area contributed by atoms with E-state index in [1.165, 1.54) is 18.7 Å². The van der Waals surface area contributed by atoms with Gasteiger partial charge >= 0.3 is 0 Å². The number of ether oxygens (including phenoxy) is 1. The van der Waals surface area contributed by atoms with Gasteiger partial charge in [0.05, 0.1) is 16.0 Å². The van der Waals surface area contributed by atoms with Crippen LogP contribution in [0.15, 0.2) is 29.4 Å². The van der Waals surface area contributed by atoms with Crippen LogP contribution in [-0.4, -0.2) is 50.3 Å². The highest BCUT2D eigenvalue weighted by Crippen LogP contribution is 2.32. The lowest BCUT2D eigenvalue weighted by Crippen LogP contribution is -2.17. The highest BCUT2D eigenvalue weighted by molar-refractivity contribution is 8.00. The average molecular weight is 475 g/mol. The van der Waals surface area contributed by atoms with Gasteiger partial charge in [-0.25, -0.2) is 0 Å². The molecule has 1 atom stereocenters. The first kappa shape index (κ1) is 24.2. The summed E-state index contributed by atoms with van der Waals surface area (Å²) in [5.41, 5.74) is 3.22. The third-order valence-electron chi connectivity index (χ3n) is 5.25. The Kier molecular flexibility index (Phi) is 7.92. The molecule has 1 N–H and O–H groups in total. The van der Waals surface area contributed by atoms with Crippen LogP contribution < -0.4 is 0 Å². The average Bonchev–Trinajstić information content (AvgIpc) is 3.27. The number of thioether (sulfide) groups is 1. The maximum Gasteiger partial charge on any atom is 0.192 e. The van der Waals surface area contributed by atoms with Crippen molar-refractivity contribution in [3.63, 3.8) is 0 Å². The van der Waals surface area contributed by atoms with Gasteiger partial charge in [-0.3, -0.25) is 9.59 Å². The normalized spacial score (nSPS) is 12.2. The van der Waals surface area contributed by atoms with E-state index < -0.39 is 5.25 Å². The second-order valence-electron chi connectivity index (χ2n) is 7.59. The van der Waals surface area contributed by atoms with Gasteiger partial charge in [0.15, 0.2) is 22.5 Å². The maximum atomic E-state index is 13.2. The number of aryl methyl sites for hydroxylation is 1. The lowest BCUT2D eigenvalue weighted by molar-refractivity contribution is 0.0988. The Morgan fingerprint density at radius 1 is 1.25 bits per heavy atom. The van der Waals surface area contributed by atoms with E-state index in [0.29, 0.717) is 51.7 Å². The number of rotatable bonds is 10. The van der Waals surface area contributed by atoms with Gasteiger partial charge in [0.25, 0.3) is 0 Å². The van der Waals surface area contributed by atoms with Crippen molar-refractivity contribution in [1.82, 2.24) is 19.7 Å². The molecular formula is C23H27ClN4O3S. The Labute approximate surface area is 196 Å². The van der Waals surface area contributed by atoms with Gasteiger partial charge in [0, 0.05) is 37.1 Å². The smallest absolute Gasteiger partial charge is 0.192 e. The first-order valence-corrected chi connectivity index (χ1v) is 11.6. The van der Waals surface area contributed by atoms with Gasteiger partial charge < -0.3 is 14.3 Å². The van der Waals surface area contributed by atoms with Crippen molar-refractivity contribution in [2.45, 2.75) is 51.1 Å². The Balaban J connectivity index is 1.91. The summed E-state index contributed by atoms with van der Waals surface area (Å²) in [6.45, 7) is 8.16. The number of H-pyrrole nitrogens is 1. The van der Waals surface area contributed by atoms with Crippen molar-refractivity contribution >= 4 is 34.9 Å². The molecule has 0 fully saturated rings. The molecule has 0 aliphatic heterocycles. The largest absolute Gasteiger partial charge is 0.385 e. The first-order valence-electron chi connectivity index (χ1n) is 10.3. The maximum absolute atomic E-state index is 13.2. The van der Waals surface area contributed by atoms with Crippen LogP contribution in [-0.2, 0) is 11.3 Å². The molecule has 2 aromatic heterocycles. The number of carbonyl (C=O) groups excluding carboxylic acids is 2. The topological polar surface area (TPSA) is 89.9 Å². The molecule has 0 saturated heterocycles. The molecule has 7 nitrogen and oxygen atoms in total. The Morgan fingerprint density at radius 3 is 2.59 bits per heavy atom. The number of methoxy groups -OCH3 is 1. The molecule has 0 saturated carbocycles. The van der Waals surface area contributed by atoms with Crippen molar-refractivity contribution in [2.75, 3.05) is 13.7 Å². The SMILES string of the molecule is COCCCn1c(S[C@@H](C)C(=O)c2[nH]c(C)c(C(C)=O)c2C)nnc1-c1ccccc1Cl. The molecule has 0 aliphatic rings. The highest BCUT2D eigenvalue weighted by Gasteiger charge is 2.26. The fourth-order valence-electron chi connectivity index (χ4n) is 3.73. The minimum Gasteiger partial charge on any atom is -0.385 e. The molecule has 0 aliphatic carbocycles. The monoisotopic (exact) mass is 474 g/mol. The Morgan fingerprint density at radius 2 is 1.97 bits per heavy atom. The van der Waals surface area contributed by atoms with Crippen LogP contribution >= 0.6 is 23.4 Å². The molecule has 3 rings (SSSR count). The molecule has 2 heterocycles. The van der Waals surface area contributed by atoms with E-state index in [1.807, 2.05) is 35.8 Å². The lowest BCUT2D eigenvalue weighted by Gasteiger charge is -2.13. The van der Waals surface area contributed by atoms with Crippen molar-refractivity contribution in [2.24, 2.45) is 0 Å². The summed E-state index contributed by atoms with van der Waals surface area (Å²) in [5, 5.41) is 9.52. The van der Waals surface area contributed by atoms with Crippen LogP contribution in [0, 0.1) is 13.8 Å². The highest BCUT2D eigenvalue weighted by atomic mass is 35.5. The molecule has 1 aromatic carbocycles. The summed E-state index contributed by atoms with van der Waals surface area (Å²) in [5.74, 6) is 0.506. The van der Waals surface area contributed by atoms with E-state index in [1.54, 1.807) is 21.0 Å². The molecule has 32 heavy (non-hydrogen) atoms. The summed E-state index contributed by atoms with van der Waals surface area (Å²) < 4.78 is 7.17. The Bertz CT molecular complexity index is 1140. The fraction of sp³-hybridized carbons (Fsp3) is 0.391. The summed E-state index contributed by atoms with van der Waals surface area (Å²) in [4.78, 5) is 28.2. The number of halogens is 1. The summed E-state index contributed by atoms with van der Waals surface area (Å²) in [7, 11) is 1.66. The number of nitrogens with zero attached hydrogens (tertiary/aromatic N) is 3. The molecule has 3 aromatic rings. The first-order chi connectivity index (χ1) is 15.3. The second kappa shape index (κ2) is 10.5. The van der Waals surface area contributed by atoms with Crippen LogP contribution in [0.1, 0.15) is 52.4 Å². The number of hydrogen-bond acceptors (Lipinski definition) is 6. The van der Waals surface area contributed by atoms with Gasteiger partial charge in [-0.1, -0.05) is 35.5 Å². The lowest BCUT2D eigenvalue weighted by atomic mass is 10.0. The molecule has 170 valence electrons. The van der Waals surface area contributed by atoms with Crippen LogP contribution in [0.5, 0.6) is 0 Å². The Hall–Kier alpha value is -2.42. The second-order valence-corrected chi connectivity index (χ2v) is 9.30. The van der Waals surface area contributed by atoms with Gasteiger partial charge in [-0.2, -0.15) is 0 Å². The van der Waals surface area contributed by atoms with Crippen LogP contribution in [0.2, 0.25) is 5.02 Å². The fourth-order valence-corrected chi connectivity index (χ4v) is 4.88. The zero-order valence-electron chi connectivity index (χ0n) is 18.9. The van der Waals surface area contributed by atoms with Crippen molar-refractivity contribution in [3.8, 4) is 11.4 Å². The minimum atomic E-state index is -0.434. The number of hydrogen-bond donors (Lipinski definition) is 1. The van der Waals surface area contributed by atoms with E-state index in [2.05, 4.69) is 15.2 Å². The van der Waals surface area contributed by atoms with E-state index in [0.717, 1.165) is 12.0 Å². The summed E-state index contributed by atoms with van der Waals surface area (Å²) in [6.07, 6.45) is 0.763. The van der Waals surface area contributed by atoms with E-state index in [9.17, 15) is 9.59 Å². The van der Waals surface area contributed by atoms with Crippen LogP contribution in [0.25, 0.3) is 11.4 Å². The quantitative estimate of drug-likeness (QED) is 0.248. The number of Topliss-reactive ketones (excluding diaryl/α,β-unsaturated/α-hetero) is 2. The number of ketones is 2. The molecular weight excluding hydrogens is 448 g/mol. The van der Waals surface area contributed by atoms with Crippen LogP contribution in [0.4, 0.5) is 0 Å². The third kappa shape index (κ3) is 4.98. The van der Waals surface area contributed by atoms with Crippen molar-refractivity contribution < 1.29 is 14.3 Å². The molecule has 0 radical (unpaired) electrons. The summed E-state index contributed by atoms with van der Waals surface area (Å²) >= 11 is 7.73. The number of aromatic amines is 1. The molecule has 0 unspecified atom stereocenters. The number of aromatic nitrogens is 4.